The minimum Gasteiger partial charge on any atom is -0.445 e. The summed E-state index contributed by atoms with van der Waals surface area (Å²) < 4.78 is 11.9. The summed E-state index contributed by atoms with van der Waals surface area (Å²) in [5.74, 6) is 3.15. The second-order valence-corrected chi connectivity index (χ2v) is 9.24. The number of nitrogens with zero attached hydrogens (tertiary/aromatic N) is 2. The predicted molar refractivity (Wildman–Crippen MR) is 112 cm³/mol. The summed E-state index contributed by atoms with van der Waals surface area (Å²) in [6, 6.07) is -0.248. The fourth-order valence-electron chi connectivity index (χ4n) is 3.26. The molecule has 0 bridgehead atoms. The molecule has 0 atom stereocenters. The summed E-state index contributed by atoms with van der Waals surface area (Å²) in [4.78, 5) is 20.5. The number of hydrogen-bond donors (Lipinski definition) is 2. The van der Waals surface area contributed by atoms with Gasteiger partial charge in [0.2, 0.25) is 5.89 Å². The number of amides is 2. The molecule has 2 N–H and O–H groups in total. The van der Waals surface area contributed by atoms with Crippen LogP contribution in [0, 0.1) is 5.92 Å². The lowest BCUT2D eigenvalue weighted by molar-refractivity contribution is 0.194. The zero-order valence-corrected chi connectivity index (χ0v) is 17.9. The lowest BCUT2D eigenvalue weighted by atomic mass is 9.86. The third kappa shape index (κ3) is 7.10. The van der Waals surface area contributed by atoms with Crippen LogP contribution in [0.5, 0.6) is 0 Å². The number of urea groups is 1. The average molecular weight is 425 g/mol. The minimum absolute atomic E-state index is 0.248. The average Bonchev–Trinajstić information content (AvgIpc) is 3.34. The molecule has 28 heavy (non-hydrogen) atoms. The van der Waals surface area contributed by atoms with Gasteiger partial charge in [-0.1, -0.05) is 43.4 Å². The highest BCUT2D eigenvalue weighted by atomic mass is 32.2. The second-order valence-electron chi connectivity index (χ2n) is 6.93. The Morgan fingerprint density at radius 3 is 3.00 bits per heavy atom. The molecular formula is C19H28N4O3S2. The first-order valence-electron chi connectivity index (χ1n) is 9.79. The Balaban J connectivity index is 1.39. The van der Waals surface area contributed by atoms with Crippen molar-refractivity contribution in [1.82, 2.24) is 15.3 Å². The minimum atomic E-state index is -0.248. The first kappa shape index (κ1) is 21.1. The molecule has 2 heterocycles. The van der Waals surface area contributed by atoms with Crippen molar-refractivity contribution in [3.05, 3.63) is 24.0 Å². The number of thiazole rings is 1. The van der Waals surface area contributed by atoms with Gasteiger partial charge in [-0.3, -0.25) is 5.32 Å². The van der Waals surface area contributed by atoms with Gasteiger partial charge < -0.3 is 14.5 Å². The lowest BCUT2D eigenvalue weighted by Crippen LogP contribution is -2.29. The summed E-state index contributed by atoms with van der Waals surface area (Å²) in [6.07, 6.45) is 12.1. The number of methoxy groups -OCH3 is 1. The Hall–Kier alpha value is -1.58. The summed E-state index contributed by atoms with van der Waals surface area (Å²) in [7, 11) is 1.64. The quantitative estimate of drug-likeness (QED) is 0.424. The van der Waals surface area contributed by atoms with Gasteiger partial charge in [-0.15, -0.1) is 11.8 Å². The van der Waals surface area contributed by atoms with Crippen LogP contribution in [0.25, 0.3) is 0 Å². The molecule has 1 aliphatic rings. The Kier molecular flexibility index (Phi) is 8.63. The van der Waals surface area contributed by atoms with E-state index in [2.05, 4.69) is 20.6 Å². The maximum absolute atomic E-state index is 11.8. The number of anilines is 1. The van der Waals surface area contributed by atoms with Crippen LogP contribution in [-0.2, 0) is 16.9 Å². The highest BCUT2D eigenvalue weighted by molar-refractivity contribution is 8.00. The SMILES string of the molecule is COCCCNC(=O)Nc1ncc(SCc2ncc(CC3CCCCC3)o2)s1. The molecule has 1 saturated carbocycles. The van der Waals surface area contributed by atoms with Crippen molar-refractivity contribution in [2.45, 2.75) is 54.9 Å². The van der Waals surface area contributed by atoms with Crippen molar-refractivity contribution >= 4 is 34.3 Å². The summed E-state index contributed by atoms with van der Waals surface area (Å²) in [5, 5.41) is 6.11. The molecule has 1 aliphatic carbocycles. The molecule has 1 fully saturated rings. The number of carbonyl (C=O) groups is 1. The van der Waals surface area contributed by atoms with Gasteiger partial charge in [-0.05, 0) is 12.3 Å². The first-order chi connectivity index (χ1) is 13.7. The third-order valence-corrected chi connectivity index (χ3v) is 6.76. The number of ether oxygens (including phenoxy) is 1. The van der Waals surface area contributed by atoms with Crippen LogP contribution in [-0.4, -0.2) is 36.3 Å². The smallest absolute Gasteiger partial charge is 0.321 e. The standard InChI is InChI=1S/C19H28N4O3S2/c1-25-9-5-8-20-18(24)23-19-22-12-17(28-19)27-13-16-21-11-15(26-16)10-14-6-3-2-4-7-14/h11-12,14H,2-10,13H2,1H3,(H2,20,22,23,24). The van der Waals surface area contributed by atoms with Crippen molar-refractivity contribution in [2.75, 3.05) is 25.6 Å². The topological polar surface area (TPSA) is 89.3 Å². The molecule has 9 heteroatoms. The normalized spacial score (nSPS) is 14.9. The van der Waals surface area contributed by atoms with E-state index in [0.717, 1.165) is 34.6 Å². The van der Waals surface area contributed by atoms with E-state index in [1.807, 2.05) is 6.20 Å². The van der Waals surface area contributed by atoms with Crippen LogP contribution in [0.15, 0.2) is 21.0 Å². The number of hydrogen-bond acceptors (Lipinski definition) is 7. The van der Waals surface area contributed by atoms with Crippen molar-refractivity contribution in [3.63, 3.8) is 0 Å². The zero-order valence-electron chi connectivity index (χ0n) is 16.2. The summed E-state index contributed by atoms with van der Waals surface area (Å²) in [5.41, 5.74) is 0. The highest BCUT2D eigenvalue weighted by Crippen LogP contribution is 2.31. The molecule has 0 spiro atoms. The molecular weight excluding hydrogens is 396 g/mol. The summed E-state index contributed by atoms with van der Waals surface area (Å²) in [6.45, 7) is 1.20. The van der Waals surface area contributed by atoms with E-state index in [1.165, 1.54) is 43.4 Å². The second kappa shape index (κ2) is 11.4. The molecule has 154 valence electrons. The molecule has 3 rings (SSSR count). The van der Waals surface area contributed by atoms with Crippen LogP contribution >= 0.6 is 23.1 Å². The highest BCUT2D eigenvalue weighted by Gasteiger charge is 2.16. The van der Waals surface area contributed by atoms with Crippen molar-refractivity contribution in [1.29, 1.82) is 0 Å². The molecule has 7 nitrogen and oxygen atoms in total. The number of carbonyl (C=O) groups excluding carboxylic acids is 1. The first-order valence-corrected chi connectivity index (χ1v) is 11.6. The van der Waals surface area contributed by atoms with Crippen LogP contribution in [0.2, 0.25) is 0 Å². The predicted octanol–water partition coefficient (Wildman–Crippen LogP) is 4.70. The number of rotatable bonds is 10. The van der Waals surface area contributed by atoms with E-state index in [4.69, 9.17) is 9.15 Å². The molecule has 2 amide bonds. The van der Waals surface area contributed by atoms with E-state index < -0.39 is 0 Å². The Bertz CT molecular complexity index is 728. The molecule has 0 saturated heterocycles. The molecule has 2 aromatic heterocycles. The van der Waals surface area contributed by atoms with Crippen LogP contribution < -0.4 is 10.6 Å². The van der Waals surface area contributed by atoms with E-state index in [-0.39, 0.29) is 6.03 Å². The van der Waals surface area contributed by atoms with Crippen LogP contribution in [0.1, 0.15) is 50.2 Å². The van der Waals surface area contributed by atoms with E-state index in [9.17, 15) is 4.79 Å². The van der Waals surface area contributed by atoms with Gasteiger partial charge in [0, 0.05) is 26.7 Å². The van der Waals surface area contributed by atoms with Gasteiger partial charge in [0.25, 0.3) is 0 Å². The summed E-state index contributed by atoms with van der Waals surface area (Å²) >= 11 is 3.06. The number of aromatic nitrogens is 2. The lowest BCUT2D eigenvalue weighted by Gasteiger charge is -2.19. The number of nitrogens with one attached hydrogen (secondary N) is 2. The number of thioether (sulfide) groups is 1. The molecule has 0 unspecified atom stereocenters. The van der Waals surface area contributed by atoms with Crippen molar-refractivity contribution < 1.29 is 13.9 Å². The molecule has 0 radical (unpaired) electrons. The van der Waals surface area contributed by atoms with Gasteiger partial charge in [-0.25, -0.2) is 14.8 Å². The molecule has 0 aromatic carbocycles. The van der Waals surface area contributed by atoms with E-state index in [0.29, 0.717) is 24.0 Å². The fourth-order valence-corrected chi connectivity index (χ4v) is 4.98. The monoisotopic (exact) mass is 424 g/mol. The molecule has 0 aliphatic heterocycles. The zero-order chi connectivity index (χ0) is 19.6. The van der Waals surface area contributed by atoms with Crippen LogP contribution in [0.3, 0.4) is 0 Å². The van der Waals surface area contributed by atoms with Gasteiger partial charge >= 0.3 is 6.03 Å². The van der Waals surface area contributed by atoms with E-state index >= 15 is 0 Å². The van der Waals surface area contributed by atoms with E-state index in [1.54, 1.807) is 25.1 Å². The third-order valence-electron chi connectivity index (χ3n) is 4.67. The fraction of sp³-hybridized carbons (Fsp3) is 0.632. The molecule has 2 aromatic rings. The van der Waals surface area contributed by atoms with Gasteiger partial charge in [0.15, 0.2) is 5.13 Å². The Morgan fingerprint density at radius 2 is 2.18 bits per heavy atom. The maximum atomic E-state index is 11.8. The Labute approximate surface area is 174 Å². The van der Waals surface area contributed by atoms with Crippen molar-refractivity contribution in [2.24, 2.45) is 5.92 Å². The largest absolute Gasteiger partial charge is 0.445 e. The van der Waals surface area contributed by atoms with Gasteiger partial charge in [-0.2, -0.15) is 0 Å². The van der Waals surface area contributed by atoms with Crippen molar-refractivity contribution in [3.8, 4) is 0 Å². The van der Waals surface area contributed by atoms with Gasteiger partial charge in [0.1, 0.15) is 5.76 Å². The maximum Gasteiger partial charge on any atom is 0.321 e. The van der Waals surface area contributed by atoms with Gasteiger partial charge in [0.05, 0.1) is 22.4 Å². The Morgan fingerprint density at radius 1 is 1.32 bits per heavy atom. The van der Waals surface area contributed by atoms with Crippen LogP contribution in [0.4, 0.5) is 9.93 Å². The number of oxazole rings is 1.